The van der Waals surface area contributed by atoms with E-state index in [9.17, 15) is 4.79 Å². The van der Waals surface area contributed by atoms with Crippen molar-refractivity contribution in [3.05, 3.63) is 28.3 Å². The second kappa shape index (κ2) is 8.61. The minimum Gasteiger partial charge on any atom is -0.493 e. The molecule has 1 aromatic carbocycles. The number of ether oxygens (including phenoxy) is 3. The summed E-state index contributed by atoms with van der Waals surface area (Å²) >= 11 is 1.61. The molecule has 6 nitrogen and oxygen atoms in total. The molecule has 0 bridgehead atoms. The van der Waals surface area contributed by atoms with E-state index < -0.39 is 0 Å². The van der Waals surface area contributed by atoms with Crippen LogP contribution < -0.4 is 19.5 Å². The number of aryl methyl sites for hydroxylation is 2. The number of methoxy groups -OCH3 is 3. The van der Waals surface area contributed by atoms with Crippen LogP contribution in [0, 0.1) is 5.92 Å². The molecular formula is C20H26N2O4S. The maximum absolute atomic E-state index is 12.4. The van der Waals surface area contributed by atoms with Crippen LogP contribution in [0.3, 0.4) is 0 Å². The molecular weight excluding hydrogens is 364 g/mol. The third-order valence-electron chi connectivity index (χ3n) is 4.80. The fourth-order valence-corrected chi connectivity index (χ4v) is 4.50. The number of carbonyl (C=O) groups is 1. The summed E-state index contributed by atoms with van der Waals surface area (Å²) in [5.41, 5.74) is 2.10. The van der Waals surface area contributed by atoms with Gasteiger partial charge in [-0.15, -0.1) is 11.3 Å². The Hall–Kier alpha value is -2.28. The van der Waals surface area contributed by atoms with E-state index in [1.807, 2.05) is 12.1 Å². The highest BCUT2D eigenvalue weighted by atomic mass is 32.1. The fourth-order valence-electron chi connectivity index (χ4n) is 3.31. The Bertz CT molecular complexity index is 793. The summed E-state index contributed by atoms with van der Waals surface area (Å²) in [5.74, 6) is 2.39. The maximum Gasteiger partial charge on any atom is 0.226 e. The van der Waals surface area contributed by atoms with Gasteiger partial charge in [-0.1, -0.05) is 6.92 Å². The minimum atomic E-state index is -0.0390. The molecule has 0 fully saturated rings. The van der Waals surface area contributed by atoms with Crippen LogP contribution in [-0.4, -0.2) is 32.2 Å². The van der Waals surface area contributed by atoms with Crippen LogP contribution in [0.4, 0.5) is 5.13 Å². The quantitative estimate of drug-likeness (QED) is 0.777. The molecule has 0 spiro atoms. The van der Waals surface area contributed by atoms with E-state index in [0.29, 0.717) is 41.1 Å². The Labute approximate surface area is 163 Å². The molecule has 0 saturated carbocycles. The van der Waals surface area contributed by atoms with Crippen molar-refractivity contribution in [1.82, 2.24) is 4.98 Å². The predicted octanol–water partition coefficient (Wildman–Crippen LogP) is 3.87. The number of fused-ring (bicyclic) bond motifs is 1. The number of thiazole rings is 1. The van der Waals surface area contributed by atoms with Crippen LogP contribution in [0.1, 0.15) is 35.9 Å². The Morgan fingerprint density at radius 1 is 1.22 bits per heavy atom. The van der Waals surface area contributed by atoms with Crippen LogP contribution in [-0.2, 0) is 24.1 Å². The molecule has 0 saturated heterocycles. The Morgan fingerprint density at radius 2 is 1.93 bits per heavy atom. The number of aromatic nitrogens is 1. The highest BCUT2D eigenvalue weighted by molar-refractivity contribution is 7.15. The van der Waals surface area contributed by atoms with Gasteiger partial charge >= 0.3 is 0 Å². The van der Waals surface area contributed by atoms with E-state index in [1.165, 1.54) is 11.3 Å². The number of nitrogens with zero attached hydrogens (tertiary/aromatic N) is 1. The number of benzene rings is 1. The van der Waals surface area contributed by atoms with Crippen molar-refractivity contribution in [1.29, 1.82) is 0 Å². The lowest BCUT2D eigenvalue weighted by Crippen LogP contribution is -2.12. The summed E-state index contributed by atoms with van der Waals surface area (Å²) in [6.07, 6.45) is 4.18. The average Bonchev–Trinajstić information content (AvgIpc) is 3.06. The van der Waals surface area contributed by atoms with Crippen molar-refractivity contribution in [2.24, 2.45) is 5.92 Å². The molecule has 1 atom stereocenters. The van der Waals surface area contributed by atoms with Gasteiger partial charge in [-0.3, -0.25) is 4.79 Å². The van der Waals surface area contributed by atoms with Gasteiger partial charge in [-0.2, -0.15) is 0 Å². The molecule has 7 heteroatoms. The van der Waals surface area contributed by atoms with E-state index in [1.54, 1.807) is 32.7 Å². The Balaban J connectivity index is 1.62. The number of hydrogen-bond donors (Lipinski definition) is 1. The maximum atomic E-state index is 12.4. The lowest BCUT2D eigenvalue weighted by molar-refractivity contribution is -0.116. The van der Waals surface area contributed by atoms with Crippen molar-refractivity contribution in [3.63, 3.8) is 0 Å². The first kappa shape index (κ1) is 19.5. The van der Waals surface area contributed by atoms with E-state index >= 15 is 0 Å². The summed E-state index contributed by atoms with van der Waals surface area (Å²) in [5, 5.41) is 3.66. The Kier molecular flexibility index (Phi) is 6.21. The standard InChI is InChI=1S/C20H26N2O4S/c1-12-5-7-14-17(9-12)27-20(21-14)22-18(23)8-6-13-10-15(24-2)19(26-4)16(11-13)25-3/h10-12H,5-9H2,1-4H3,(H,21,22,23)/t12-/m0/s1. The number of amides is 1. The van der Waals surface area contributed by atoms with Crippen molar-refractivity contribution >= 4 is 22.4 Å². The lowest BCUT2D eigenvalue weighted by atomic mass is 9.93. The topological polar surface area (TPSA) is 69.7 Å². The number of hydrogen-bond acceptors (Lipinski definition) is 6. The predicted molar refractivity (Wildman–Crippen MR) is 106 cm³/mol. The van der Waals surface area contributed by atoms with Gasteiger partial charge in [-0.05, 0) is 49.3 Å². The number of carbonyl (C=O) groups excluding carboxylic acids is 1. The SMILES string of the molecule is COc1cc(CCC(=O)Nc2nc3c(s2)C[C@@H](C)CC3)cc(OC)c1OC. The molecule has 2 aromatic rings. The summed E-state index contributed by atoms with van der Waals surface area (Å²) in [4.78, 5) is 18.3. The van der Waals surface area contributed by atoms with E-state index in [0.717, 1.165) is 24.1 Å². The lowest BCUT2D eigenvalue weighted by Gasteiger charge is -2.15. The van der Waals surface area contributed by atoms with Crippen molar-refractivity contribution < 1.29 is 19.0 Å². The van der Waals surface area contributed by atoms with Gasteiger partial charge in [-0.25, -0.2) is 4.98 Å². The molecule has 1 N–H and O–H groups in total. The third-order valence-corrected chi connectivity index (χ3v) is 5.83. The summed E-state index contributed by atoms with van der Waals surface area (Å²) < 4.78 is 16.1. The monoisotopic (exact) mass is 390 g/mol. The summed E-state index contributed by atoms with van der Waals surface area (Å²) in [6.45, 7) is 2.26. The minimum absolute atomic E-state index is 0.0390. The first-order valence-corrected chi connectivity index (χ1v) is 9.93. The molecule has 1 aromatic heterocycles. The van der Waals surface area contributed by atoms with Crippen LogP contribution >= 0.6 is 11.3 Å². The number of anilines is 1. The van der Waals surface area contributed by atoms with Gasteiger partial charge in [0.15, 0.2) is 16.6 Å². The highest BCUT2D eigenvalue weighted by Crippen LogP contribution is 2.38. The second-order valence-corrected chi connectivity index (χ2v) is 7.90. The molecule has 146 valence electrons. The molecule has 1 aliphatic carbocycles. The van der Waals surface area contributed by atoms with E-state index in [2.05, 4.69) is 17.2 Å². The molecule has 1 heterocycles. The van der Waals surface area contributed by atoms with Crippen molar-refractivity contribution in [2.45, 2.75) is 39.0 Å². The molecule has 27 heavy (non-hydrogen) atoms. The van der Waals surface area contributed by atoms with Crippen molar-refractivity contribution in [3.8, 4) is 17.2 Å². The number of nitrogens with one attached hydrogen (secondary N) is 1. The Morgan fingerprint density at radius 3 is 2.56 bits per heavy atom. The van der Waals surface area contributed by atoms with E-state index in [4.69, 9.17) is 14.2 Å². The van der Waals surface area contributed by atoms with Gasteiger partial charge in [0.1, 0.15) is 0 Å². The first-order valence-electron chi connectivity index (χ1n) is 9.11. The summed E-state index contributed by atoms with van der Waals surface area (Å²) in [7, 11) is 4.74. The zero-order valence-electron chi connectivity index (χ0n) is 16.3. The van der Waals surface area contributed by atoms with Crippen LogP contribution in [0.2, 0.25) is 0 Å². The van der Waals surface area contributed by atoms with Gasteiger partial charge in [0.2, 0.25) is 11.7 Å². The van der Waals surface area contributed by atoms with Crippen LogP contribution in [0.15, 0.2) is 12.1 Å². The van der Waals surface area contributed by atoms with Crippen molar-refractivity contribution in [2.75, 3.05) is 26.6 Å². The highest BCUT2D eigenvalue weighted by Gasteiger charge is 2.20. The second-order valence-electron chi connectivity index (χ2n) is 6.82. The van der Waals surface area contributed by atoms with Crippen LogP contribution in [0.25, 0.3) is 0 Å². The summed E-state index contributed by atoms with van der Waals surface area (Å²) in [6, 6.07) is 3.75. The third kappa shape index (κ3) is 4.53. The largest absolute Gasteiger partial charge is 0.493 e. The molecule has 1 aliphatic rings. The van der Waals surface area contributed by atoms with Gasteiger partial charge in [0.05, 0.1) is 27.0 Å². The average molecular weight is 391 g/mol. The van der Waals surface area contributed by atoms with Gasteiger partial charge in [0.25, 0.3) is 0 Å². The zero-order chi connectivity index (χ0) is 19.4. The van der Waals surface area contributed by atoms with Gasteiger partial charge in [0, 0.05) is 11.3 Å². The normalized spacial score (nSPS) is 15.8. The first-order chi connectivity index (χ1) is 13.0. The molecule has 0 radical (unpaired) electrons. The fraction of sp³-hybridized carbons (Fsp3) is 0.500. The smallest absolute Gasteiger partial charge is 0.226 e. The van der Waals surface area contributed by atoms with E-state index in [-0.39, 0.29) is 5.91 Å². The molecule has 0 unspecified atom stereocenters. The van der Waals surface area contributed by atoms with Gasteiger partial charge < -0.3 is 19.5 Å². The van der Waals surface area contributed by atoms with Crippen LogP contribution in [0.5, 0.6) is 17.2 Å². The zero-order valence-corrected chi connectivity index (χ0v) is 17.1. The molecule has 1 amide bonds. The molecule has 3 rings (SSSR count). The number of rotatable bonds is 7. The molecule has 0 aliphatic heterocycles.